The van der Waals surface area contributed by atoms with E-state index in [1.54, 1.807) is 6.92 Å². The zero-order valence-corrected chi connectivity index (χ0v) is 26.1. The molecule has 2 unspecified atom stereocenters. The zero-order chi connectivity index (χ0) is 30.0. The number of rotatable bonds is 3. The van der Waals surface area contributed by atoms with E-state index in [9.17, 15) is 20.1 Å². The van der Waals surface area contributed by atoms with Gasteiger partial charge in [0.1, 0.15) is 17.8 Å². The molecule has 228 valence electrons. The van der Waals surface area contributed by atoms with Gasteiger partial charge in [-0.05, 0) is 77.7 Å². The molecule has 2 heterocycles. The maximum absolute atomic E-state index is 13.8. The lowest BCUT2D eigenvalue weighted by Crippen LogP contribution is -2.59. The first kappa shape index (κ1) is 34.2. The van der Waals surface area contributed by atoms with E-state index in [1.165, 1.54) is 0 Å². The highest BCUT2D eigenvalue weighted by Gasteiger charge is 2.49. The molecule has 2 fully saturated rings. The fraction of sp³-hybridized carbons (Fsp3) is 0.903. The number of cyclic esters (lactones) is 1. The van der Waals surface area contributed by atoms with Crippen LogP contribution in [0.25, 0.3) is 0 Å². The van der Waals surface area contributed by atoms with Crippen LogP contribution in [0.1, 0.15) is 81.6 Å². The SMILES string of the molecule is C=C[C@H]1CN(C)[C@H](C)[C@@H](O)[C@](C)(O)[C@@H](CC)OC(=O)C(C)C([C@H]2C[C@H](C)[C@@H](N)[C@H](C)O2)[C@H](C)[C@@H](C)[C@](C)(O)C1. The molecule has 0 amide bonds. The van der Waals surface area contributed by atoms with Gasteiger partial charge in [0.05, 0.1) is 23.7 Å². The number of esters is 1. The zero-order valence-electron chi connectivity index (χ0n) is 26.1. The number of nitrogens with zero attached hydrogens (tertiary/aromatic N) is 1. The summed E-state index contributed by atoms with van der Waals surface area (Å²) in [4.78, 5) is 15.7. The highest BCUT2D eigenvalue weighted by atomic mass is 16.6. The number of carbonyl (C=O) groups is 1. The summed E-state index contributed by atoms with van der Waals surface area (Å²) in [5, 5.41) is 34.6. The largest absolute Gasteiger partial charge is 0.459 e. The minimum absolute atomic E-state index is 0.0518. The lowest BCUT2D eigenvalue weighted by molar-refractivity contribution is -0.195. The van der Waals surface area contributed by atoms with Crippen LogP contribution in [0.4, 0.5) is 0 Å². The number of hydrogen-bond acceptors (Lipinski definition) is 8. The number of aliphatic hydroxyl groups is 3. The van der Waals surface area contributed by atoms with Gasteiger partial charge in [-0.25, -0.2) is 0 Å². The Morgan fingerprint density at radius 1 is 1.15 bits per heavy atom. The highest BCUT2D eigenvalue weighted by Crippen LogP contribution is 2.43. The van der Waals surface area contributed by atoms with Crippen LogP contribution in [0.3, 0.4) is 0 Å². The Bertz CT molecular complexity index is 807. The van der Waals surface area contributed by atoms with Crippen molar-refractivity contribution in [2.24, 2.45) is 41.2 Å². The van der Waals surface area contributed by atoms with Crippen LogP contribution in [-0.2, 0) is 14.3 Å². The number of ether oxygens (including phenoxy) is 2. The van der Waals surface area contributed by atoms with Gasteiger partial charge in [-0.15, -0.1) is 6.58 Å². The van der Waals surface area contributed by atoms with Crippen molar-refractivity contribution < 1.29 is 29.6 Å². The van der Waals surface area contributed by atoms with Crippen LogP contribution in [0.5, 0.6) is 0 Å². The second-order valence-corrected chi connectivity index (χ2v) is 13.4. The Labute approximate surface area is 237 Å². The lowest BCUT2D eigenvalue weighted by atomic mass is 9.66. The van der Waals surface area contributed by atoms with E-state index in [4.69, 9.17) is 15.2 Å². The fourth-order valence-electron chi connectivity index (χ4n) is 7.09. The van der Waals surface area contributed by atoms with E-state index in [0.717, 1.165) is 0 Å². The van der Waals surface area contributed by atoms with Crippen molar-refractivity contribution >= 4 is 5.97 Å². The van der Waals surface area contributed by atoms with E-state index >= 15 is 0 Å². The van der Waals surface area contributed by atoms with Crippen molar-refractivity contribution in [2.75, 3.05) is 13.6 Å². The smallest absolute Gasteiger partial charge is 0.309 e. The Morgan fingerprint density at radius 3 is 2.26 bits per heavy atom. The number of carbonyl (C=O) groups excluding carboxylic acids is 1. The van der Waals surface area contributed by atoms with Crippen LogP contribution in [0.15, 0.2) is 12.7 Å². The Morgan fingerprint density at radius 2 is 1.74 bits per heavy atom. The molecule has 0 aliphatic carbocycles. The summed E-state index contributed by atoms with van der Waals surface area (Å²) in [6.07, 6.45) is 0.906. The summed E-state index contributed by atoms with van der Waals surface area (Å²) < 4.78 is 12.5. The molecule has 8 nitrogen and oxygen atoms in total. The molecule has 0 spiro atoms. The molecule has 0 radical (unpaired) electrons. The number of likely N-dealkylation sites (N-methyl/N-ethyl adjacent to an activating group) is 1. The maximum Gasteiger partial charge on any atom is 0.309 e. The molecular weight excluding hydrogens is 496 g/mol. The first-order valence-electron chi connectivity index (χ1n) is 15.0. The van der Waals surface area contributed by atoms with E-state index in [1.807, 2.05) is 59.6 Å². The number of hydrogen-bond donors (Lipinski definition) is 4. The predicted molar refractivity (Wildman–Crippen MR) is 155 cm³/mol. The summed E-state index contributed by atoms with van der Waals surface area (Å²) in [5.41, 5.74) is 3.66. The lowest BCUT2D eigenvalue weighted by Gasteiger charge is -2.47. The molecule has 5 N–H and O–H groups in total. The first-order chi connectivity index (χ1) is 17.9. The van der Waals surface area contributed by atoms with Crippen molar-refractivity contribution in [3.05, 3.63) is 12.7 Å². The quantitative estimate of drug-likeness (QED) is 0.309. The minimum Gasteiger partial charge on any atom is -0.459 e. The Kier molecular flexibility index (Phi) is 11.7. The maximum atomic E-state index is 13.8. The summed E-state index contributed by atoms with van der Waals surface area (Å²) >= 11 is 0. The average molecular weight is 555 g/mol. The van der Waals surface area contributed by atoms with Crippen LogP contribution < -0.4 is 5.73 Å². The minimum atomic E-state index is -1.67. The Hall–Kier alpha value is -1.03. The molecule has 2 rings (SSSR count). The molecule has 0 aromatic heterocycles. The summed E-state index contributed by atoms with van der Waals surface area (Å²) in [7, 11) is 1.89. The van der Waals surface area contributed by atoms with E-state index in [-0.39, 0.29) is 47.8 Å². The van der Waals surface area contributed by atoms with Gasteiger partial charge in [0.2, 0.25) is 0 Å². The van der Waals surface area contributed by atoms with Gasteiger partial charge in [-0.3, -0.25) is 4.79 Å². The van der Waals surface area contributed by atoms with Crippen molar-refractivity contribution in [1.29, 1.82) is 0 Å². The van der Waals surface area contributed by atoms with E-state index in [2.05, 4.69) is 20.4 Å². The van der Waals surface area contributed by atoms with Gasteiger partial charge in [0, 0.05) is 24.5 Å². The van der Waals surface area contributed by atoms with Gasteiger partial charge in [-0.1, -0.05) is 40.7 Å². The van der Waals surface area contributed by atoms with Crippen LogP contribution in [0, 0.1) is 35.5 Å². The number of nitrogens with two attached hydrogens (primary N) is 1. The van der Waals surface area contributed by atoms with Gasteiger partial charge in [-0.2, -0.15) is 0 Å². The number of aliphatic hydroxyl groups excluding tert-OH is 1. The topological polar surface area (TPSA) is 125 Å². The third-order valence-electron chi connectivity index (χ3n) is 10.5. The monoisotopic (exact) mass is 554 g/mol. The molecule has 39 heavy (non-hydrogen) atoms. The predicted octanol–water partition coefficient (Wildman–Crippen LogP) is 3.36. The van der Waals surface area contributed by atoms with Crippen LogP contribution >= 0.6 is 0 Å². The van der Waals surface area contributed by atoms with E-state index in [0.29, 0.717) is 25.8 Å². The van der Waals surface area contributed by atoms with Crippen molar-refractivity contribution in [3.8, 4) is 0 Å². The fourth-order valence-corrected chi connectivity index (χ4v) is 7.09. The van der Waals surface area contributed by atoms with Crippen LogP contribution in [-0.4, -0.2) is 87.5 Å². The van der Waals surface area contributed by atoms with Gasteiger partial charge >= 0.3 is 5.97 Å². The summed E-state index contributed by atoms with van der Waals surface area (Å²) in [5.74, 6) is -1.37. The molecule has 0 bridgehead atoms. The second kappa shape index (κ2) is 13.3. The molecule has 14 atom stereocenters. The van der Waals surface area contributed by atoms with E-state index < -0.39 is 41.3 Å². The molecular formula is C31H58N2O6. The van der Waals surface area contributed by atoms with Crippen LogP contribution in [0.2, 0.25) is 0 Å². The van der Waals surface area contributed by atoms with Gasteiger partial charge in [0.25, 0.3) is 0 Å². The van der Waals surface area contributed by atoms with Crippen molar-refractivity contribution in [3.63, 3.8) is 0 Å². The molecule has 0 saturated carbocycles. The van der Waals surface area contributed by atoms with Gasteiger partial charge in [0.15, 0.2) is 0 Å². The second-order valence-electron chi connectivity index (χ2n) is 13.4. The normalized spacial score (nSPS) is 49.9. The average Bonchev–Trinajstić information content (AvgIpc) is 2.87. The molecule has 0 aromatic rings. The van der Waals surface area contributed by atoms with Crippen molar-refractivity contribution in [1.82, 2.24) is 4.90 Å². The Balaban J connectivity index is 2.61. The highest BCUT2D eigenvalue weighted by molar-refractivity contribution is 5.73. The first-order valence-corrected chi connectivity index (χ1v) is 15.0. The molecule has 2 saturated heterocycles. The molecule has 2 aliphatic heterocycles. The molecule has 8 heteroatoms. The van der Waals surface area contributed by atoms with Gasteiger partial charge < -0.3 is 35.4 Å². The molecule has 0 aromatic carbocycles. The third kappa shape index (κ3) is 7.44. The standard InChI is InChI=1S/C31H58N2O6/c1-12-23-15-30(9,36)20(6)18(4)26(24-14-17(3)27(32)22(8)38-24)19(5)29(35)39-25(13-2)31(10,37)28(34)21(7)33(11)16-23/h12,17-28,34,36-37H,1,13-16,32H2,2-11H3/t17-,18+,19?,20+,21+,22-,23+,24+,25+,26?,27+,28+,30+,31+/m0/s1. The summed E-state index contributed by atoms with van der Waals surface area (Å²) in [6.45, 7) is 21.8. The molecule has 2 aliphatic rings. The summed E-state index contributed by atoms with van der Waals surface area (Å²) in [6, 6.07) is -0.524. The van der Waals surface area contributed by atoms with Crippen molar-refractivity contribution in [2.45, 2.75) is 129 Å². The third-order valence-corrected chi connectivity index (χ3v) is 10.5.